The topological polar surface area (TPSA) is 49.6 Å². The summed E-state index contributed by atoms with van der Waals surface area (Å²) in [6.45, 7) is 7.30. The van der Waals surface area contributed by atoms with Crippen LogP contribution < -0.4 is 10.3 Å². The predicted molar refractivity (Wildman–Crippen MR) is 127 cm³/mol. The Hall–Kier alpha value is -3.39. The molecule has 0 spiro atoms. The fourth-order valence-corrected chi connectivity index (χ4v) is 4.42. The number of likely N-dealkylation sites (N-methyl/N-ethyl adjacent to an activating group) is 1. The lowest BCUT2D eigenvalue weighted by molar-refractivity contribution is -0.137. The number of fused-ring (bicyclic) bond motifs is 2. The van der Waals surface area contributed by atoms with Crippen molar-refractivity contribution in [3.63, 3.8) is 0 Å². The van der Waals surface area contributed by atoms with E-state index in [1.807, 2.05) is 24.3 Å². The van der Waals surface area contributed by atoms with E-state index in [1.165, 1.54) is 6.07 Å². The van der Waals surface area contributed by atoms with Crippen molar-refractivity contribution in [1.29, 1.82) is 0 Å². The van der Waals surface area contributed by atoms with Gasteiger partial charge in [0.1, 0.15) is 11.2 Å². The van der Waals surface area contributed by atoms with Crippen LogP contribution >= 0.6 is 0 Å². The van der Waals surface area contributed by atoms with Crippen LogP contribution in [0.25, 0.3) is 33.7 Å². The van der Waals surface area contributed by atoms with E-state index in [4.69, 9.17) is 4.42 Å². The summed E-state index contributed by atoms with van der Waals surface area (Å²) in [5.74, 6) is 0.201. The van der Waals surface area contributed by atoms with Gasteiger partial charge in [-0.15, -0.1) is 0 Å². The highest BCUT2D eigenvalue weighted by Gasteiger charge is 2.31. The summed E-state index contributed by atoms with van der Waals surface area (Å²) >= 11 is 0. The fraction of sp³-hybridized carbons (Fsp3) is 0.308. The third-order valence-electron chi connectivity index (χ3n) is 6.68. The summed E-state index contributed by atoms with van der Waals surface area (Å²) in [6, 6.07) is 10.9. The van der Waals surface area contributed by atoms with Crippen molar-refractivity contribution in [2.45, 2.75) is 20.0 Å². The summed E-state index contributed by atoms with van der Waals surface area (Å²) in [5, 5.41) is 0. The molecule has 0 saturated carbocycles. The molecule has 34 heavy (non-hydrogen) atoms. The zero-order valence-electron chi connectivity index (χ0n) is 19.2. The largest absolute Gasteiger partial charge is 0.452 e. The second-order valence-corrected chi connectivity index (χ2v) is 8.86. The van der Waals surface area contributed by atoms with Gasteiger partial charge in [0.15, 0.2) is 16.8 Å². The van der Waals surface area contributed by atoms with E-state index in [0.717, 1.165) is 44.0 Å². The Labute approximate surface area is 194 Å². The van der Waals surface area contributed by atoms with Gasteiger partial charge in [0.25, 0.3) is 0 Å². The first-order valence-corrected chi connectivity index (χ1v) is 11.1. The number of hydrogen-bond donors (Lipinski definition) is 0. The highest BCUT2D eigenvalue weighted by molar-refractivity contribution is 5.86. The molecule has 5 rings (SSSR count). The number of hydrogen-bond acceptors (Lipinski definition) is 5. The Bertz CT molecular complexity index is 1400. The highest BCUT2D eigenvalue weighted by atomic mass is 19.4. The summed E-state index contributed by atoms with van der Waals surface area (Å²) in [6.07, 6.45) is -4.51. The monoisotopic (exact) mass is 467 g/mol. The van der Waals surface area contributed by atoms with Crippen molar-refractivity contribution in [2.75, 3.05) is 38.1 Å². The maximum absolute atomic E-state index is 13.3. The molecule has 8 heteroatoms. The van der Waals surface area contributed by atoms with Crippen molar-refractivity contribution in [1.82, 2.24) is 9.88 Å². The molecule has 0 radical (unpaired) electrons. The first kappa shape index (κ1) is 22.4. The highest BCUT2D eigenvalue weighted by Crippen LogP contribution is 2.38. The van der Waals surface area contributed by atoms with Crippen LogP contribution in [0.1, 0.15) is 16.7 Å². The molecule has 0 atom stereocenters. The van der Waals surface area contributed by atoms with E-state index in [-0.39, 0.29) is 16.8 Å². The summed E-state index contributed by atoms with van der Waals surface area (Å²) in [7, 11) is 2.10. The van der Waals surface area contributed by atoms with Crippen LogP contribution in [-0.2, 0) is 6.18 Å². The first-order valence-electron chi connectivity index (χ1n) is 11.1. The molecular weight excluding hydrogens is 443 g/mol. The number of aromatic nitrogens is 1. The molecule has 1 fully saturated rings. The molecule has 0 unspecified atom stereocenters. The minimum Gasteiger partial charge on any atom is -0.452 e. The van der Waals surface area contributed by atoms with Gasteiger partial charge in [-0.2, -0.15) is 13.2 Å². The number of halogens is 3. The number of piperazine rings is 1. The molecule has 1 saturated heterocycles. The van der Waals surface area contributed by atoms with E-state index < -0.39 is 11.7 Å². The predicted octanol–water partition coefficient (Wildman–Crippen LogP) is 5.35. The molecule has 176 valence electrons. The summed E-state index contributed by atoms with van der Waals surface area (Å²) in [5.41, 5.74) is 2.95. The van der Waals surface area contributed by atoms with Gasteiger partial charge in [0, 0.05) is 37.4 Å². The molecule has 5 nitrogen and oxygen atoms in total. The molecular formula is C26H24F3N3O2. The van der Waals surface area contributed by atoms with Crippen LogP contribution in [0.3, 0.4) is 0 Å². The van der Waals surface area contributed by atoms with Gasteiger partial charge in [-0.05, 0) is 62.4 Å². The fourth-order valence-electron chi connectivity index (χ4n) is 4.42. The van der Waals surface area contributed by atoms with Gasteiger partial charge in [0.2, 0.25) is 0 Å². The molecule has 0 N–H and O–H groups in total. The van der Waals surface area contributed by atoms with Crippen LogP contribution in [0, 0.1) is 13.8 Å². The average Bonchev–Trinajstić information content (AvgIpc) is 2.82. The maximum atomic E-state index is 13.3. The quantitative estimate of drug-likeness (QED) is 0.372. The SMILES string of the molecule is Cc1c2nc3ccc(C(F)(F)F)cc3oc-2c(-c2ccc(N3CCN(C)CC3)cc2)c(=O)c1C. The third-order valence-corrected chi connectivity index (χ3v) is 6.68. The zero-order valence-corrected chi connectivity index (χ0v) is 19.2. The third kappa shape index (κ3) is 3.81. The second kappa shape index (κ2) is 8.13. The molecule has 2 aromatic rings. The van der Waals surface area contributed by atoms with Crippen LogP contribution in [0.5, 0.6) is 0 Å². The standard InChI is InChI=1S/C26H24F3N3O2/c1-15-16(2)24(33)22(17-4-7-19(8-5-17)32-12-10-31(3)11-13-32)25-23(15)30-20-9-6-18(26(27,28)29)14-21(20)34-25/h4-9,14H,10-13H2,1-3H3. The van der Waals surface area contributed by atoms with Crippen molar-refractivity contribution in [2.24, 2.45) is 0 Å². The summed E-state index contributed by atoms with van der Waals surface area (Å²) < 4.78 is 45.7. The van der Waals surface area contributed by atoms with Gasteiger partial charge in [0.05, 0.1) is 11.1 Å². The molecule has 2 aromatic carbocycles. The molecule has 0 amide bonds. The Morgan fingerprint density at radius 1 is 0.941 bits per heavy atom. The van der Waals surface area contributed by atoms with Crippen molar-refractivity contribution in [3.05, 3.63) is 69.4 Å². The van der Waals surface area contributed by atoms with Gasteiger partial charge in [-0.25, -0.2) is 4.98 Å². The normalized spacial score (nSPS) is 15.4. The van der Waals surface area contributed by atoms with Crippen molar-refractivity contribution < 1.29 is 17.6 Å². The first-order chi connectivity index (χ1) is 16.1. The van der Waals surface area contributed by atoms with E-state index in [1.54, 1.807) is 13.8 Å². The maximum Gasteiger partial charge on any atom is 0.416 e. The second-order valence-electron chi connectivity index (χ2n) is 8.86. The Kier molecular flexibility index (Phi) is 5.36. The Balaban J connectivity index is 1.66. The van der Waals surface area contributed by atoms with E-state index in [0.29, 0.717) is 33.5 Å². The minimum atomic E-state index is -4.51. The van der Waals surface area contributed by atoms with E-state index in [9.17, 15) is 18.0 Å². The smallest absolute Gasteiger partial charge is 0.416 e. The van der Waals surface area contributed by atoms with Crippen LogP contribution in [0.2, 0.25) is 0 Å². The van der Waals surface area contributed by atoms with Gasteiger partial charge in [-0.1, -0.05) is 12.1 Å². The Morgan fingerprint density at radius 3 is 2.26 bits per heavy atom. The molecule has 1 aliphatic carbocycles. The van der Waals surface area contributed by atoms with Crippen molar-refractivity contribution >= 4 is 16.8 Å². The molecule has 0 aromatic heterocycles. The lowest BCUT2D eigenvalue weighted by Gasteiger charge is -2.34. The molecule has 2 aliphatic heterocycles. The van der Waals surface area contributed by atoms with Crippen LogP contribution in [-0.4, -0.2) is 43.1 Å². The van der Waals surface area contributed by atoms with Gasteiger partial charge >= 0.3 is 6.18 Å². The lowest BCUT2D eigenvalue weighted by Crippen LogP contribution is -2.44. The van der Waals surface area contributed by atoms with Gasteiger partial charge < -0.3 is 14.2 Å². The molecule has 3 aliphatic rings. The number of nitrogens with zero attached hydrogens (tertiary/aromatic N) is 3. The van der Waals surface area contributed by atoms with E-state index in [2.05, 4.69) is 21.8 Å². The molecule has 2 heterocycles. The number of alkyl halides is 3. The van der Waals surface area contributed by atoms with Crippen LogP contribution in [0.4, 0.5) is 18.9 Å². The van der Waals surface area contributed by atoms with Gasteiger partial charge in [-0.3, -0.25) is 4.79 Å². The summed E-state index contributed by atoms with van der Waals surface area (Å²) in [4.78, 5) is 22.4. The minimum absolute atomic E-state index is 0.0136. The molecule has 0 bridgehead atoms. The van der Waals surface area contributed by atoms with Crippen LogP contribution in [0.15, 0.2) is 51.7 Å². The number of anilines is 1. The number of rotatable bonds is 2. The van der Waals surface area contributed by atoms with E-state index >= 15 is 0 Å². The average molecular weight is 467 g/mol. The van der Waals surface area contributed by atoms with Crippen molar-refractivity contribution in [3.8, 4) is 22.6 Å². The zero-order chi connectivity index (χ0) is 24.2. The number of benzene rings is 3. The lowest BCUT2D eigenvalue weighted by atomic mass is 9.93. The Morgan fingerprint density at radius 2 is 1.62 bits per heavy atom.